The maximum atomic E-state index is 12.2. The van der Waals surface area contributed by atoms with Crippen LogP contribution in [0.2, 0.25) is 0 Å². The summed E-state index contributed by atoms with van der Waals surface area (Å²) in [6.45, 7) is 0. The SMILES string of the molecule is COC(=O)c1cccc(NC(=O)CCc2nc(-c3ccccn3)cs2)c1. The number of thiazole rings is 1. The number of methoxy groups -OCH3 is 1. The molecule has 7 heteroatoms. The second kappa shape index (κ2) is 8.35. The van der Waals surface area contributed by atoms with E-state index >= 15 is 0 Å². The molecule has 0 aliphatic heterocycles. The van der Waals surface area contributed by atoms with E-state index in [2.05, 4.69) is 20.0 Å². The Kier molecular flexibility index (Phi) is 5.70. The number of esters is 1. The van der Waals surface area contributed by atoms with E-state index in [9.17, 15) is 9.59 Å². The van der Waals surface area contributed by atoms with Gasteiger partial charge in [-0.15, -0.1) is 11.3 Å². The van der Waals surface area contributed by atoms with Crippen molar-refractivity contribution in [3.8, 4) is 11.4 Å². The molecule has 6 nitrogen and oxygen atoms in total. The second-order valence-corrected chi connectivity index (χ2v) is 6.40. The molecule has 0 aliphatic carbocycles. The number of aromatic nitrogens is 2. The smallest absolute Gasteiger partial charge is 0.337 e. The fourth-order valence-electron chi connectivity index (χ4n) is 2.34. The van der Waals surface area contributed by atoms with Crippen LogP contribution >= 0.6 is 11.3 Å². The minimum absolute atomic E-state index is 0.137. The molecule has 0 atom stereocenters. The van der Waals surface area contributed by atoms with Crippen LogP contribution in [0.1, 0.15) is 21.8 Å². The van der Waals surface area contributed by atoms with Gasteiger partial charge in [0.25, 0.3) is 0 Å². The molecule has 3 rings (SSSR count). The number of nitrogens with one attached hydrogen (secondary N) is 1. The van der Waals surface area contributed by atoms with Gasteiger partial charge in [0.15, 0.2) is 0 Å². The van der Waals surface area contributed by atoms with E-state index in [1.54, 1.807) is 30.5 Å². The lowest BCUT2D eigenvalue weighted by atomic mass is 10.2. The Balaban J connectivity index is 1.56. The van der Waals surface area contributed by atoms with Gasteiger partial charge in [-0.1, -0.05) is 12.1 Å². The third-order valence-corrected chi connectivity index (χ3v) is 4.52. The molecule has 0 bridgehead atoms. The van der Waals surface area contributed by atoms with Gasteiger partial charge in [0, 0.05) is 30.1 Å². The predicted molar refractivity (Wildman–Crippen MR) is 100 cm³/mol. The molecule has 1 aromatic carbocycles. The molecule has 0 fully saturated rings. The van der Waals surface area contributed by atoms with Crippen LogP contribution in [0, 0.1) is 0 Å². The number of carbonyl (C=O) groups is 2. The highest BCUT2D eigenvalue weighted by molar-refractivity contribution is 7.09. The van der Waals surface area contributed by atoms with E-state index in [1.165, 1.54) is 18.4 Å². The van der Waals surface area contributed by atoms with Crippen molar-refractivity contribution in [1.29, 1.82) is 0 Å². The summed E-state index contributed by atoms with van der Waals surface area (Å²) in [5.74, 6) is -0.576. The average molecular weight is 367 g/mol. The molecule has 0 aliphatic rings. The highest BCUT2D eigenvalue weighted by atomic mass is 32.1. The molecule has 2 heterocycles. The van der Waals surface area contributed by atoms with Crippen LogP contribution < -0.4 is 5.32 Å². The first-order chi connectivity index (χ1) is 12.7. The molecule has 2 aromatic heterocycles. The lowest BCUT2D eigenvalue weighted by Crippen LogP contribution is -2.13. The number of benzene rings is 1. The van der Waals surface area contributed by atoms with E-state index in [0.29, 0.717) is 24.1 Å². The van der Waals surface area contributed by atoms with Gasteiger partial charge >= 0.3 is 5.97 Å². The van der Waals surface area contributed by atoms with Gasteiger partial charge in [-0.25, -0.2) is 9.78 Å². The fourth-order valence-corrected chi connectivity index (χ4v) is 3.14. The molecule has 26 heavy (non-hydrogen) atoms. The zero-order chi connectivity index (χ0) is 18.4. The lowest BCUT2D eigenvalue weighted by Gasteiger charge is -2.06. The minimum atomic E-state index is -0.439. The van der Waals surface area contributed by atoms with E-state index < -0.39 is 5.97 Å². The van der Waals surface area contributed by atoms with Crippen molar-refractivity contribution in [2.75, 3.05) is 12.4 Å². The maximum absolute atomic E-state index is 12.2. The van der Waals surface area contributed by atoms with Gasteiger partial charge < -0.3 is 10.1 Å². The maximum Gasteiger partial charge on any atom is 0.337 e. The van der Waals surface area contributed by atoms with Crippen molar-refractivity contribution in [2.45, 2.75) is 12.8 Å². The van der Waals surface area contributed by atoms with Crippen molar-refractivity contribution in [1.82, 2.24) is 9.97 Å². The molecule has 0 saturated carbocycles. The van der Waals surface area contributed by atoms with Crippen molar-refractivity contribution < 1.29 is 14.3 Å². The summed E-state index contributed by atoms with van der Waals surface area (Å²) in [6.07, 6.45) is 2.57. The van der Waals surface area contributed by atoms with Crippen LogP contribution in [-0.4, -0.2) is 29.0 Å². The summed E-state index contributed by atoms with van der Waals surface area (Å²) < 4.78 is 4.68. The van der Waals surface area contributed by atoms with Crippen LogP contribution in [0.15, 0.2) is 54.0 Å². The number of ether oxygens (including phenoxy) is 1. The van der Waals surface area contributed by atoms with Crippen molar-refractivity contribution in [3.05, 3.63) is 64.6 Å². The predicted octanol–water partition coefficient (Wildman–Crippen LogP) is 3.56. The van der Waals surface area contributed by atoms with Crippen LogP contribution in [-0.2, 0) is 16.0 Å². The first-order valence-corrected chi connectivity index (χ1v) is 8.87. The molecule has 132 valence electrons. The van der Waals surface area contributed by atoms with Crippen molar-refractivity contribution in [3.63, 3.8) is 0 Å². The summed E-state index contributed by atoms with van der Waals surface area (Å²) in [4.78, 5) is 32.5. The number of hydrogen-bond donors (Lipinski definition) is 1. The van der Waals surface area contributed by atoms with Gasteiger partial charge in [0.2, 0.25) is 5.91 Å². The van der Waals surface area contributed by atoms with E-state index in [1.807, 2.05) is 23.6 Å². The monoisotopic (exact) mass is 367 g/mol. The third-order valence-electron chi connectivity index (χ3n) is 3.61. The Bertz CT molecular complexity index is 909. The number of anilines is 1. The average Bonchev–Trinajstić information content (AvgIpc) is 3.16. The number of amides is 1. The van der Waals surface area contributed by atoms with E-state index in [-0.39, 0.29) is 5.91 Å². The number of pyridine rings is 1. The van der Waals surface area contributed by atoms with Crippen molar-refractivity contribution in [2.24, 2.45) is 0 Å². The van der Waals surface area contributed by atoms with Gasteiger partial charge in [0.1, 0.15) is 0 Å². The van der Waals surface area contributed by atoms with Crippen LogP contribution in [0.4, 0.5) is 5.69 Å². The number of nitrogens with zero attached hydrogens (tertiary/aromatic N) is 2. The van der Waals surface area contributed by atoms with Crippen LogP contribution in [0.3, 0.4) is 0 Å². The second-order valence-electron chi connectivity index (χ2n) is 5.46. The topological polar surface area (TPSA) is 81.2 Å². The first kappa shape index (κ1) is 17.8. The van der Waals surface area contributed by atoms with Crippen LogP contribution in [0.25, 0.3) is 11.4 Å². The number of rotatable bonds is 6. The molecule has 0 radical (unpaired) electrons. The zero-order valence-electron chi connectivity index (χ0n) is 14.1. The quantitative estimate of drug-likeness (QED) is 0.674. The molecule has 0 spiro atoms. The number of hydrogen-bond acceptors (Lipinski definition) is 6. The fraction of sp³-hybridized carbons (Fsp3) is 0.158. The Morgan fingerprint density at radius 3 is 2.81 bits per heavy atom. The Hall–Kier alpha value is -3.06. The first-order valence-electron chi connectivity index (χ1n) is 8.00. The normalized spacial score (nSPS) is 10.3. The molecular weight excluding hydrogens is 350 g/mol. The largest absolute Gasteiger partial charge is 0.465 e. The highest BCUT2D eigenvalue weighted by Gasteiger charge is 2.10. The molecule has 3 aromatic rings. The summed E-state index contributed by atoms with van der Waals surface area (Å²) >= 11 is 1.51. The summed E-state index contributed by atoms with van der Waals surface area (Å²) in [7, 11) is 1.32. The van der Waals surface area contributed by atoms with E-state index in [4.69, 9.17) is 0 Å². The Morgan fingerprint density at radius 1 is 1.15 bits per heavy atom. The van der Waals surface area contributed by atoms with Gasteiger partial charge in [0.05, 0.1) is 29.1 Å². The molecule has 1 N–H and O–H groups in total. The lowest BCUT2D eigenvalue weighted by molar-refractivity contribution is -0.116. The Labute approximate surface area is 154 Å². The summed E-state index contributed by atoms with van der Waals surface area (Å²) in [6, 6.07) is 12.3. The molecular formula is C19H17N3O3S. The molecule has 0 saturated heterocycles. The van der Waals surface area contributed by atoms with Crippen LogP contribution in [0.5, 0.6) is 0 Å². The number of carbonyl (C=O) groups excluding carboxylic acids is 2. The van der Waals surface area contributed by atoms with Gasteiger partial charge in [-0.05, 0) is 30.3 Å². The standard InChI is InChI=1S/C19H17N3O3S/c1-25-19(24)13-5-4-6-14(11-13)21-17(23)8-9-18-22-16(12-26-18)15-7-2-3-10-20-15/h2-7,10-12H,8-9H2,1H3,(H,21,23). The minimum Gasteiger partial charge on any atom is -0.465 e. The van der Waals surface area contributed by atoms with Gasteiger partial charge in [-0.3, -0.25) is 9.78 Å². The highest BCUT2D eigenvalue weighted by Crippen LogP contribution is 2.20. The molecule has 1 amide bonds. The van der Waals surface area contributed by atoms with E-state index in [0.717, 1.165) is 16.4 Å². The van der Waals surface area contributed by atoms with Crippen molar-refractivity contribution >= 4 is 28.9 Å². The Morgan fingerprint density at radius 2 is 2.04 bits per heavy atom. The third kappa shape index (κ3) is 4.52. The summed E-state index contributed by atoms with van der Waals surface area (Å²) in [5.41, 5.74) is 2.59. The van der Waals surface area contributed by atoms with Gasteiger partial charge in [-0.2, -0.15) is 0 Å². The number of aryl methyl sites for hydroxylation is 1. The summed E-state index contributed by atoms with van der Waals surface area (Å²) in [5, 5.41) is 5.61. The zero-order valence-corrected chi connectivity index (χ0v) is 15.0. The molecule has 0 unspecified atom stereocenters.